The van der Waals surface area contributed by atoms with Crippen LogP contribution in [0.2, 0.25) is 58.9 Å². The Bertz CT molecular complexity index is 1070. The maximum atomic E-state index is 5.16. The number of hydrogen-bond donors (Lipinski definition) is 0. The molecule has 0 unspecified atom stereocenters. The van der Waals surface area contributed by atoms with E-state index in [1.165, 1.54) is 0 Å². The fraction of sp³-hybridized carbons (Fsp3) is 0.444. The second kappa shape index (κ2) is 11.2. The summed E-state index contributed by atoms with van der Waals surface area (Å²) in [5.74, 6) is 3.34. The summed E-state index contributed by atoms with van der Waals surface area (Å²) in [7, 11) is -5.77. The first kappa shape index (κ1) is 29.9. The van der Waals surface area contributed by atoms with Crippen molar-refractivity contribution in [2.75, 3.05) is 7.53 Å². The minimum absolute atomic E-state index is 1.06. The maximum absolute atomic E-state index is 5.16. The van der Waals surface area contributed by atoms with Crippen molar-refractivity contribution in [3.8, 4) is 0 Å². The molecule has 0 bridgehead atoms. The van der Waals surface area contributed by atoms with Crippen LogP contribution in [0.25, 0.3) is 0 Å². The number of nitrogens with zero attached hydrogens (tertiary/aromatic N) is 6. The van der Waals surface area contributed by atoms with Crippen LogP contribution in [0.5, 0.6) is 0 Å². The average Bonchev–Trinajstić information content (AvgIpc) is 2.71. The Labute approximate surface area is 237 Å². The Morgan fingerprint density at radius 1 is 0.459 bits per heavy atom. The number of aromatic nitrogens is 3. The van der Waals surface area contributed by atoms with Crippen molar-refractivity contribution in [1.29, 1.82) is 0 Å². The predicted octanol–water partition coefficient (Wildman–Crippen LogP) is 7.11. The van der Waals surface area contributed by atoms with E-state index in [0.29, 0.717) is 0 Å². The van der Waals surface area contributed by atoms with Gasteiger partial charge in [-0.25, -0.2) is 0 Å². The van der Waals surface area contributed by atoms with Crippen LogP contribution in [-0.2, 0) is 0 Å². The van der Waals surface area contributed by atoms with E-state index in [9.17, 15) is 0 Å². The third kappa shape index (κ3) is 7.28. The average molecular weight is 747 g/mol. The molecule has 0 aliphatic rings. The van der Waals surface area contributed by atoms with Gasteiger partial charge in [-0.05, 0) is 0 Å². The topological polar surface area (TPSA) is 48.4 Å². The first-order chi connectivity index (χ1) is 17.0. The summed E-state index contributed by atoms with van der Waals surface area (Å²) < 4.78 is 8.50. The van der Waals surface area contributed by atoms with Gasteiger partial charge in [-0.2, -0.15) is 0 Å². The van der Waals surface area contributed by atoms with Crippen molar-refractivity contribution in [2.45, 2.75) is 79.7 Å². The van der Waals surface area contributed by atoms with E-state index >= 15 is 0 Å². The second-order valence-electron chi connectivity index (χ2n) is 12.6. The molecule has 3 aromatic heterocycles. The number of pyridine rings is 3. The van der Waals surface area contributed by atoms with Crippen molar-refractivity contribution in [3.63, 3.8) is 0 Å². The molecule has 3 heterocycles. The summed E-state index contributed by atoms with van der Waals surface area (Å²) in [6, 6.07) is 19.5. The molecule has 0 aliphatic heterocycles. The van der Waals surface area contributed by atoms with Crippen molar-refractivity contribution in [2.24, 2.45) is 0 Å². The molecule has 0 fully saturated rings. The molecule has 0 radical (unpaired) electrons. The third-order valence-electron chi connectivity index (χ3n) is 5.71. The SMILES string of the molecule is Cc1cccc([N]([Bi]([N](c2cccc(C)n2)[Si](C)(C)C)[N](c2cccc(C)n2)[Si](C)(C)C)[Si](C)(C)C)n1. The molecule has 0 aliphatic carbocycles. The summed E-state index contributed by atoms with van der Waals surface area (Å²) >= 11 is -3.17. The Morgan fingerprint density at radius 2 is 0.703 bits per heavy atom. The fourth-order valence-corrected chi connectivity index (χ4v) is 39.7. The molecule has 0 spiro atoms. The Hall–Kier alpha value is -1.62. The van der Waals surface area contributed by atoms with Gasteiger partial charge in [-0.1, -0.05) is 0 Å². The number of anilines is 3. The van der Waals surface area contributed by atoms with Crippen LogP contribution in [-0.4, -0.2) is 62.3 Å². The molecule has 0 saturated heterocycles. The molecule has 3 aromatic rings. The number of aryl methyl sites for hydroxylation is 3. The summed E-state index contributed by atoms with van der Waals surface area (Å²) in [5.41, 5.74) is 3.18. The zero-order valence-electron chi connectivity index (χ0n) is 24.8. The van der Waals surface area contributed by atoms with Gasteiger partial charge in [0.05, 0.1) is 0 Å². The van der Waals surface area contributed by atoms with Gasteiger partial charge >= 0.3 is 239 Å². The Morgan fingerprint density at radius 3 is 0.892 bits per heavy atom. The number of hydrogen-bond acceptors (Lipinski definition) is 6. The van der Waals surface area contributed by atoms with E-state index in [-0.39, 0.29) is 0 Å². The zero-order valence-corrected chi connectivity index (χ0v) is 31.3. The van der Waals surface area contributed by atoms with Gasteiger partial charge in [0.1, 0.15) is 0 Å². The van der Waals surface area contributed by atoms with E-state index in [4.69, 9.17) is 15.0 Å². The molecule has 200 valence electrons. The van der Waals surface area contributed by atoms with Gasteiger partial charge in [0.2, 0.25) is 0 Å². The molecule has 37 heavy (non-hydrogen) atoms. The van der Waals surface area contributed by atoms with E-state index in [0.717, 1.165) is 34.5 Å². The first-order valence-electron chi connectivity index (χ1n) is 13.0. The molecule has 0 atom stereocenters. The van der Waals surface area contributed by atoms with Gasteiger partial charge in [0.25, 0.3) is 0 Å². The van der Waals surface area contributed by atoms with E-state index in [1.54, 1.807) is 0 Å². The van der Waals surface area contributed by atoms with Crippen LogP contribution >= 0.6 is 0 Å². The Kier molecular flexibility index (Phi) is 9.09. The quantitative estimate of drug-likeness (QED) is 0.218. The predicted molar refractivity (Wildman–Crippen MR) is 170 cm³/mol. The van der Waals surface area contributed by atoms with Crippen LogP contribution in [0.4, 0.5) is 17.5 Å². The monoisotopic (exact) mass is 746 g/mol. The van der Waals surface area contributed by atoms with Crippen LogP contribution in [0.3, 0.4) is 0 Å². The second-order valence-corrected chi connectivity index (χ2v) is 38.3. The van der Waals surface area contributed by atoms with Crippen molar-refractivity contribution < 1.29 is 0 Å². The molecule has 0 aromatic carbocycles. The standard InChI is InChI=1S/3C9H15N2Si.Bi/c3*1-8-6-5-7-9(10-8)11-12(2,3)4;/h3*5-7H,1-4H3;/q3*-1;+3. The normalized spacial score (nSPS) is 12.6. The third-order valence-corrected chi connectivity index (χ3v) is 42.5. The molecular weight excluding hydrogens is 702 g/mol. The molecule has 0 N–H and O–H groups in total. The summed E-state index contributed by atoms with van der Waals surface area (Å²) in [6.07, 6.45) is 0. The molecule has 6 nitrogen and oxygen atoms in total. The van der Waals surface area contributed by atoms with Crippen molar-refractivity contribution in [1.82, 2.24) is 15.0 Å². The van der Waals surface area contributed by atoms with Gasteiger partial charge in [0.15, 0.2) is 0 Å². The Balaban J connectivity index is 2.47. The van der Waals surface area contributed by atoms with Gasteiger partial charge in [-0.3, -0.25) is 0 Å². The molecule has 3 rings (SSSR count). The van der Waals surface area contributed by atoms with Crippen LogP contribution < -0.4 is 7.53 Å². The van der Waals surface area contributed by atoms with Crippen molar-refractivity contribution in [3.05, 3.63) is 71.7 Å². The van der Waals surface area contributed by atoms with Gasteiger partial charge in [0, 0.05) is 0 Å². The van der Waals surface area contributed by atoms with Crippen LogP contribution in [0.15, 0.2) is 54.6 Å². The molecule has 0 saturated carbocycles. The molecule has 0 amide bonds. The zero-order chi connectivity index (χ0) is 27.8. The van der Waals surface area contributed by atoms with Crippen LogP contribution in [0.1, 0.15) is 17.1 Å². The van der Waals surface area contributed by atoms with Gasteiger partial charge in [-0.15, -0.1) is 0 Å². The van der Waals surface area contributed by atoms with Crippen molar-refractivity contribution >= 4 is 64.8 Å². The van der Waals surface area contributed by atoms with Gasteiger partial charge < -0.3 is 0 Å². The number of rotatable bonds is 9. The van der Waals surface area contributed by atoms with E-state index in [1.807, 2.05) is 0 Å². The minimum atomic E-state index is -3.17. The summed E-state index contributed by atoms with van der Waals surface area (Å²) in [4.78, 5) is 15.5. The fourth-order valence-electron chi connectivity index (χ4n) is 4.32. The summed E-state index contributed by atoms with van der Waals surface area (Å²) in [6.45, 7) is 28.5. The van der Waals surface area contributed by atoms with Crippen LogP contribution in [0, 0.1) is 20.8 Å². The van der Waals surface area contributed by atoms with E-state index < -0.39 is 47.3 Å². The molecule has 10 heteroatoms. The van der Waals surface area contributed by atoms with E-state index in [2.05, 4.69) is 142 Å². The summed E-state index contributed by atoms with van der Waals surface area (Å²) in [5, 5.41) is 0. The molecular formula is C27H45BiN6Si3. The first-order valence-corrected chi connectivity index (χ1v) is 28.0.